The van der Waals surface area contributed by atoms with E-state index in [2.05, 4.69) is 59.2 Å². The van der Waals surface area contributed by atoms with Crippen LogP contribution in [0.25, 0.3) is 32.0 Å². The lowest BCUT2D eigenvalue weighted by atomic mass is 10.0. The van der Waals surface area contributed by atoms with E-state index in [0.717, 1.165) is 78.8 Å². The molecule has 4 atom stereocenters. The Hall–Kier alpha value is -5.98. The SMILES string of the molecule is CC(C)C(=O)N[C@@H](C(=O)N1CCC[C@H]1c1ncc(-c2ccc(-c3ccc(-c4cnc([C@@H]5CCCN5C(=O)[C@H](NC(=O)C(C)C)c5ccccc5)s4)cc3)cc2)s1)c1ccccc1. The van der Waals surface area contributed by atoms with Crippen molar-refractivity contribution in [1.82, 2.24) is 30.4 Å². The number of thiazole rings is 2. The van der Waals surface area contributed by atoms with Crippen molar-refractivity contribution in [3.63, 3.8) is 0 Å². The van der Waals surface area contributed by atoms with Crippen LogP contribution in [0.2, 0.25) is 0 Å². The topological polar surface area (TPSA) is 125 Å². The lowest BCUT2D eigenvalue weighted by Crippen LogP contribution is -2.43. The summed E-state index contributed by atoms with van der Waals surface area (Å²) in [6, 6.07) is 34.1. The van der Waals surface area contributed by atoms with E-state index in [1.165, 1.54) is 0 Å². The van der Waals surface area contributed by atoms with Gasteiger partial charge in [-0.25, -0.2) is 9.97 Å². The maximum absolute atomic E-state index is 14.1. The molecule has 0 radical (unpaired) electrons. The first-order valence-electron chi connectivity index (χ1n) is 21.5. The second-order valence-corrected chi connectivity index (χ2v) is 18.8. The average Bonchev–Trinajstić information content (AvgIpc) is 4.15. The highest BCUT2D eigenvalue weighted by Crippen LogP contribution is 2.41. The van der Waals surface area contributed by atoms with Crippen LogP contribution < -0.4 is 10.6 Å². The molecule has 12 heteroatoms. The Kier molecular flexibility index (Phi) is 13.1. The van der Waals surface area contributed by atoms with Crippen molar-refractivity contribution < 1.29 is 19.2 Å². The van der Waals surface area contributed by atoms with Crippen LogP contribution in [0.4, 0.5) is 0 Å². The molecule has 0 spiro atoms. The van der Waals surface area contributed by atoms with Crippen molar-refractivity contribution in [3.8, 4) is 32.0 Å². The Balaban J connectivity index is 0.929. The van der Waals surface area contributed by atoms with E-state index in [1.807, 2.05) is 111 Å². The summed E-state index contributed by atoms with van der Waals surface area (Å²) in [7, 11) is 0. The number of aromatic nitrogens is 2. The number of hydrogen-bond acceptors (Lipinski definition) is 8. The Bertz CT molecular complexity index is 2330. The van der Waals surface area contributed by atoms with Crippen LogP contribution in [0.3, 0.4) is 0 Å². The zero-order chi connectivity index (χ0) is 43.3. The number of amides is 4. The normalized spacial score (nSPS) is 17.3. The number of nitrogens with zero attached hydrogens (tertiary/aromatic N) is 4. The van der Waals surface area contributed by atoms with Crippen molar-refractivity contribution in [2.24, 2.45) is 11.8 Å². The maximum atomic E-state index is 14.1. The van der Waals surface area contributed by atoms with Crippen LogP contribution in [-0.4, -0.2) is 56.5 Å². The Morgan fingerprint density at radius 2 is 0.887 bits per heavy atom. The molecule has 4 heterocycles. The monoisotopic (exact) mass is 864 g/mol. The first kappa shape index (κ1) is 42.7. The number of carbonyl (C=O) groups is 4. The van der Waals surface area contributed by atoms with Gasteiger partial charge in [0.15, 0.2) is 0 Å². The second kappa shape index (κ2) is 19.0. The molecule has 2 N–H and O–H groups in total. The molecule has 0 saturated carbocycles. The quantitative estimate of drug-likeness (QED) is 0.119. The fraction of sp³-hybridized carbons (Fsp3) is 0.320. The summed E-state index contributed by atoms with van der Waals surface area (Å²) in [6.07, 6.45) is 7.19. The summed E-state index contributed by atoms with van der Waals surface area (Å²) in [5.41, 5.74) is 5.85. The van der Waals surface area contributed by atoms with Gasteiger partial charge in [0.05, 0.1) is 21.8 Å². The molecule has 6 aromatic rings. The molecule has 2 aliphatic heterocycles. The van der Waals surface area contributed by atoms with Gasteiger partial charge in [-0.3, -0.25) is 19.2 Å². The highest BCUT2D eigenvalue weighted by Gasteiger charge is 2.38. The third kappa shape index (κ3) is 9.27. The summed E-state index contributed by atoms with van der Waals surface area (Å²) in [5.74, 6) is -1.00. The molecular weight excluding hydrogens is 813 g/mol. The molecular formula is C50H52N6O4S2. The summed E-state index contributed by atoms with van der Waals surface area (Å²) < 4.78 is 0. The molecule has 2 aromatic heterocycles. The largest absolute Gasteiger partial charge is 0.340 e. The minimum Gasteiger partial charge on any atom is -0.340 e. The Morgan fingerprint density at radius 1 is 0.532 bits per heavy atom. The average molecular weight is 865 g/mol. The summed E-state index contributed by atoms with van der Waals surface area (Å²) in [4.78, 5) is 69.3. The minimum atomic E-state index is -0.752. The molecule has 318 valence electrons. The van der Waals surface area contributed by atoms with Crippen LogP contribution in [-0.2, 0) is 19.2 Å². The lowest BCUT2D eigenvalue weighted by Gasteiger charge is -2.29. The molecule has 8 rings (SSSR count). The van der Waals surface area contributed by atoms with Gasteiger partial charge in [0, 0.05) is 37.3 Å². The molecule has 62 heavy (non-hydrogen) atoms. The van der Waals surface area contributed by atoms with Crippen molar-refractivity contribution >= 4 is 46.3 Å². The summed E-state index contributed by atoms with van der Waals surface area (Å²) >= 11 is 3.22. The van der Waals surface area contributed by atoms with E-state index in [0.29, 0.717) is 13.1 Å². The van der Waals surface area contributed by atoms with E-state index < -0.39 is 12.1 Å². The van der Waals surface area contributed by atoms with Crippen molar-refractivity contribution in [3.05, 3.63) is 143 Å². The van der Waals surface area contributed by atoms with Crippen LogP contribution in [0, 0.1) is 11.8 Å². The smallest absolute Gasteiger partial charge is 0.250 e. The van der Waals surface area contributed by atoms with Crippen molar-refractivity contribution in [2.75, 3.05) is 13.1 Å². The van der Waals surface area contributed by atoms with E-state index in [-0.39, 0.29) is 47.5 Å². The third-order valence-electron chi connectivity index (χ3n) is 11.7. The first-order valence-corrected chi connectivity index (χ1v) is 23.1. The van der Waals surface area contributed by atoms with Crippen LogP contribution in [0.1, 0.15) is 98.7 Å². The van der Waals surface area contributed by atoms with E-state index >= 15 is 0 Å². The molecule has 4 aromatic carbocycles. The highest BCUT2D eigenvalue weighted by molar-refractivity contribution is 7.15. The first-order chi connectivity index (χ1) is 30.0. The fourth-order valence-electron chi connectivity index (χ4n) is 8.19. The minimum absolute atomic E-state index is 0.106. The fourth-order valence-corrected chi connectivity index (χ4v) is 10.3. The van der Waals surface area contributed by atoms with Crippen molar-refractivity contribution in [2.45, 2.75) is 77.5 Å². The van der Waals surface area contributed by atoms with Crippen LogP contribution >= 0.6 is 22.7 Å². The number of hydrogen-bond donors (Lipinski definition) is 2. The van der Waals surface area contributed by atoms with Gasteiger partial charge in [-0.05, 0) is 59.1 Å². The molecule has 10 nitrogen and oxygen atoms in total. The second-order valence-electron chi connectivity index (χ2n) is 16.7. The molecule has 0 unspecified atom stereocenters. The zero-order valence-corrected chi connectivity index (χ0v) is 37.1. The van der Waals surface area contributed by atoms with E-state index in [4.69, 9.17) is 9.97 Å². The van der Waals surface area contributed by atoms with E-state index in [9.17, 15) is 19.2 Å². The van der Waals surface area contributed by atoms with Crippen LogP contribution in [0.5, 0.6) is 0 Å². The molecule has 2 fully saturated rings. The molecule has 2 aliphatic rings. The molecule has 2 saturated heterocycles. The number of carbonyl (C=O) groups excluding carboxylic acids is 4. The number of likely N-dealkylation sites (tertiary alicyclic amines) is 2. The van der Waals surface area contributed by atoms with Gasteiger partial charge in [-0.2, -0.15) is 0 Å². The highest BCUT2D eigenvalue weighted by atomic mass is 32.1. The molecule has 0 bridgehead atoms. The Morgan fingerprint density at radius 3 is 1.24 bits per heavy atom. The van der Waals surface area contributed by atoms with Gasteiger partial charge in [0.1, 0.15) is 22.1 Å². The third-order valence-corrected chi connectivity index (χ3v) is 14.0. The number of nitrogens with one attached hydrogen (secondary N) is 2. The van der Waals surface area contributed by atoms with Gasteiger partial charge in [0.2, 0.25) is 23.6 Å². The van der Waals surface area contributed by atoms with Gasteiger partial charge in [-0.1, -0.05) is 137 Å². The van der Waals surface area contributed by atoms with Gasteiger partial charge in [-0.15, -0.1) is 22.7 Å². The van der Waals surface area contributed by atoms with Crippen LogP contribution in [0.15, 0.2) is 122 Å². The van der Waals surface area contributed by atoms with Gasteiger partial charge < -0.3 is 20.4 Å². The predicted octanol–water partition coefficient (Wildman–Crippen LogP) is 9.95. The number of rotatable bonds is 13. The van der Waals surface area contributed by atoms with Crippen molar-refractivity contribution in [1.29, 1.82) is 0 Å². The van der Waals surface area contributed by atoms with Gasteiger partial charge in [0.25, 0.3) is 0 Å². The number of benzene rings is 4. The molecule has 4 amide bonds. The zero-order valence-electron chi connectivity index (χ0n) is 35.5. The van der Waals surface area contributed by atoms with E-state index in [1.54, 1.807) is 22.7 Å². The van der Waals surface area contributed by atoms with Gasteiger partial charge >= 0.3 is 0 Å². The standard InChI is InChI=1S/C50H52N6O4S2/c1-31(2)45(57)53-43(37-13-7-5-8-14-37)49(59)55-27-11-17-39(55)47-51-29-41(61-47)35-23-19-33(20-24-35)34-21-25-36(26-22-34)42-30-52-48(62-42)40-18-12-28-56(40)50(60)44(54-46(58)32(3)4)38-15-9-6-10-16-38/h5-10,13-16,19-26,29-32,39-40,43-44H,11-12,17-18,27-28H2,1-4H3,(H,53,57)(H,54,58)/t39-,40-,43+,44+/m0/s1. The predicted molar refractivity (Wildman–Crippen MR) is 246 cm³/mol. The molecule has 0 aliphatic carbocycles. The summed E-state index contributed by atoms with van der Waals surface area (Å²) in [6.45, 7) is 8.56. The summed E-state index contributed by atoms with van der Waals surface area (Å²) in [5, 5.41) is 7.80. The maximum Gasteiger partial charge on any atom is 0.250 e. The lowest BCUT2D eigenvalue weighted by molar-refractivity contribution is -0.138. The Labute approximate surface area is 371 Å².